The maximum atomic E-state index is 13.8. The predicted octanol–water partition coefficient (Wildman–Crippen LogP) is 6.10. The van der Waals surface area contributed by atoms with Crippen molar-refractivity contribution in [1.29, 1.82) is 0 Å². The number of methoxy groups -OCH3 is 1. The Labute approximate surface area is 327 Å². The summed E-state index contributed by atoms with van der Waals surface area (Å²) in [4.78, 5) is 22.2. The first-order valence-corrected chi connectivity index (χ1v) is 20.2. The Morgan fingerprint density at radius 3 is 2.49 bits per heavy atom. The number of para-hydroxylation sites is 1. The summed E-state index contributed by atoms with van der Waals surface area (Å²) < 4.78 is 12.4. The molecular formula is C45H62N4O6. The molecule has 2 saturated heterocycles. The Morgan fingerprint density at radius 1 is 1.07 bits per heavy atom. The fourth-order valence-electron chi connectivity index (χ4n) is 10.1. The van der Waals surface area contributed by atoms with E-state index in [0.29, 0.717) is 35.5 Å². The molecule has 10 heteroatoms. The van der Waals surface area contributed by atoms with Gasteiger partial charge in [-0.15, -0.1) is 0 Å². The SMILES string of the molecule is COc1c(CN2O[C@@H](CO)[C@H]([C@H](C)O)[C@H]2CC(=O)N[C@H]2C[C@H]3C[C@@H]([C@@H]2C)C3(C)C)cccc1-c1cc(C2OC2N[C@@H](C)Cc2ccccc2)cc(N(C)C)c1. The number of nitrogens with zero attached hydrogens (tertiary/aromatic N) is 2. The highest BCUT2D eigenvalue weighted by molar-refractivity contribution is 5.77. The van der Waals surface area contributed by atoms with Crippen LogP contribution in [0.1, 0.15) is 76.7 Å². The second kappa shape index (κ2) is 16.2. The standard InChI is InChI=1S/C45H62N4O6/c1-26(17-29-13-10-9-11-14-29)46-44-43(54-44)32-18-31(19-34(20-32)48(6)7)35-16-12-15-30(42(35)53-8)24-49-38(41(28(3)51)39(25-50)55-49)23-40(52)47-37-22-33-21-36(27(37)2)45(33,4)5/h9-16,18-20,26-28,33,36-39,41,43-44,46,50-51H,17,21-25H2,1-8H3,(H,47,52)/t26-,27-,28-,33+,36-,37-,38+,39-,41+,43?,44?/m0/s1. The van der Waals surface area contributed by atoms with Crippen molar-refractivity contribution in [3.8, 4) is 16.9 Å². The molecule has 2 heterocycles. The lowest BCUT2D eigenvalue weighted by Crippen LogP contribution is -2.61. The molecule has 0 aromatic heterocycles. The zero-order valence-corrected chi connectivity index (χ0v) is 33.9. The third-order valence-corrected chi connectivity index (χ3v) is 13.4. The molecule has 0 spiro atoms. The maximum Gasteiger partial charge on any atom is 0.221 e. The second-order valence-corrected chi connectivity index (χ2v) is 17.6. The first-order valence-electron chi connectivity index (χ1n) is 20.2. The molecule has 3 aromatic carbocycles. The Morgan fingerprint density at radius 2 is 1.84 bits per heavy atom. The number of carbonyl (C=O) groups is 1. The van der Waals surface area contributed by atoms with Crippen molar-refractivity contribution in [2.45, 2.75) is 110 Å². The molecule has 4 N–H and O–H groups in total. The summed E-state index contributed by atoms with van der Waals surface area (Å²) in [7, 11) is 5.76. The molecule has 8 rings (SSSR count). The van der Waals surface area contributed by atoms with Gasteiger partial charge in [0.25, 0.3) is 0 Å². The molecule has 10 nitrogen and oxygen atoms in total. The molecule has 2 aliphatic heterocycles. The van der Waals surface area contributed by atoms with Crippen LogP contribution >= 0.6 is 0 Å². The number of anilines is 1. The van der Waals surface area contributed by atoms with Gasteiger partial charge >= 0.3 is 0 Å². The molecule has 5 fully saturated rings. The van der Waals surface area contributed by atoms with Crippen molar-refractivity contribution in [1.82, 2.24) is 15.7 Å². The number of aliphatic hydroxyl groups excluding tert-OH is 2. The third kappa shape index (κ3) is 8.18. The second-order valence-electron chi connectivity index (χ2n) is 17.6. The lowest BCUT2D eigenvalue weighted by atomic mass is 9.45. The summed E-state index contributed by atoms with van der Waals surface area (Å²) >= 11 is 0. The number of benzene rings is 3. The summed E-state index contributed by atoms with van der Waals surface area (Å²) in [5.41, 5.74) is 6.58. The number of hydrogen-bond acceptors (Lipinski definition) is 9. The first kappa shape index (κ1) is 39.7. The van der Waals surface area contributed by atoms with E-state index in [1.807, 2.05) is 32.3 Å². The molecule has 3 saturated carbocycles. The van der Waals surface area contributed by atoms with Gasteiger partial charge in [-0.3, -0.25) is 14.9 Å². The van der Waals surface area contributed by atoms with E-state index >= 15 is 0 Å². The van der Waals surface area contributed by atoms with Crippen molar-refractivity contribution in [2.24, 2.45) is 29.1 Å². The van der Waals surface area contributed by atoms with Gasteiger partial charge in [0, 0.05) is 55.3 Å². The van der Waals surface area contributed by atoms with Crippen molar-refractivity contribution in [3.63, 3.8) is 0 Å². The van der Waals surface area contributed by atoms with E-state index in [1.165, 1.54) is 12.0 Å². The van der Waals surface area contributed by atoms with Crippen LogP contribution in [-0.2, 0) is 27.3 Å². The van der Waals surface area contributed by atoms with E-state index in [9.17, 15) is 15.0 Å². The number of amides is 1. The number of carbonyl (C=O) groups excluding carboxylic acids is 1. The topological polar surface area (TPSA) is 119 Å². The maximum absolute atomic E-state index is 13.8. The quantitative estimate of drug-likeness (QED) is 0.137. The fourth-order valence-corrected chi connectivity index (χ4v) is 10.1. The highest BCUT2D eigenvalue weighted by Crippen LogP contribution is 2.61. The largest absolute Gasteiger partial charge is 0.496 e. The monoisotopic (exact) mass is 754 g/mol. The van der Waals surface area contributed by atoms with Crippen LogP contribution in [0, 0.1) is 29.1 Å². The van der Waals surface area contributed by atoms with E-state index < -0.39 is 24.2 Å². The van der Waals surface area contributed by atoms with Gasteiger partial charge in [-0.05, 0) is 91.2 Å². The normalized spacial score (nSPS) is 30.6. The minimum absolute atomic E-state index is 0.0444. The number of aliphatic hydroxyl groups is 2. The first-order chi connectivity index (χ1) is 26.3. The lowest BCUT2D eigenvalue weighted by molar-refractivity contribution is -0.180. The molecular weight excluding hydrogens is 693 g/mol. The van der Waals surface area contributed by atoms with E-state index in [1.54, 1.807) is 19.1 Å². The van der Waals surface area contributed by atoms with Gasteiger partial charge in [0.2, 0.25) is 5.91 Å². The van der Waals surface area contributed by atoms with Crippen LogP contribution in [0.5, 0.6) is 5.75 Å². The van der Waals surface area contributed by atoms with Crippen molar-refractivity contribution in [2.75, 3.05) is 32.7 Å². The van der Waals surface area contributed by atoms with Gasteiger partial charge in [0.05, 0.1) is 32.4 Å². The molecule has 3 aromatic rings. The summed E-state index contributed by atoms with van der Waals surface area (Å²) in [6.45, 7) is 11.0. The summed E-state index contributed by atoms with van der Waals surface area (Å²) in [5, 5.41) is 30.1. The number of fused-ring (bicyclic) bond motifs is 2. The van der Waals surface area contributed by atoms with Crippen molar-refractivity contribution in [3.05, 3.63) is 83.4 Å². The molecule has 2 bridgehead atoms. The third-order valence-electron chi connectivity index (χ3n) is 13.4. The van der Waals surface area contributed by atoms with Crippen LogP contribution in [0.15, 0.2) is 66.7 Å². The van der Waals surface area contributed by atoms with Crippen LogP contribution in [0.2, 0.25) is 0 Å². The molecule has 3 aliphatic carbocycles. The minimum atomic E-state index is -0.785. The zero-order valence-electron chi connectivity index (χ0n) is 33.9. The number of hydroxylamine groups is 2. The van der Waals surface area contributed by atoms with Gasteiger partial charge in [0.1, 0.15) is 24.2 Å². The van der Waals surface area contributed by atoms with Crippen LogP contribution < -0.4 is 20.3 Å². The van der Waals surface area contributed by atoms with Crippen LogP contribution in [0.4, 0.5) is 5.69 Å². The van der Waals surface area contributed by atoms with E-state index in [0.717, 1.165) is 40.8 Å². The Kier molecular flexibility index (Phi) is 11.7. The predicted molar refractivity (Wildman–Crippen MR) is 215 cm³/mol. The molecule has 11 atom stereocenters. The number of nitrogens with one attached hydrogen (secondary N) is 2. The van der Waals surface area contributed by atoms with Crippen LogP contribution in [0.3, 0.4) is 0 Å². The minimum Gasteiger partial charge on any atom is -0.496 e. The Bertz CT molecular complexity index is 1800. The average molecular weight is 755 g/mol. The number of ether oxygens (including phenoxy) is 2. The Balaban J connectivity index is 1.10. The fraction of sp³-hybridized carbons (Fsp3) is 0.578. The zero-order chi connectivity index (χ0) is 39.2. The summed E-state index contributed by atoms with van der Waals surface area (Å²) in [6, 6.07) is 23.1. The molecule has 2 unspecified atom stereocenters. The van der Waals surface area contributed by atoms with Gasteiger partial charge in [-0.25, -0.2) is 0 Å². The summed E-state index contributed by atoms with van der Waals surface area (Å²) in [5.74, 6) is 1.87. The smallest absolute Gasteiger partial charge is 0.221 e. The van der Waals surface area contributed by atoms with Crippen LogP contribution in [-0.4, -0.2) is 85.6 Å². The van der Waals surface area contributed by atoms with Gasteiger partial charge < -0.3 is 29.9 Å². The lowest BCUT2D eigenvalue weighted by Gasteiger charge is -2.62. The van der Waals surface area contributed by atoms with Crippen molar-refractivity contribution < 1.29 is 29.3 Å². The number of rotatable bonds is 15. The van der Waals surface area contributed by atoms with Crippen LogP contribution in [0.25, 0.3) is 11.1 Å². The molecule has 1 amide bonds. The summed E-state index contributed by atoms with van der Waals surface area (Å²) in [6.07, 6.45) is 1.76. The number of hydrogen-bond donors (Lipinski definition) is 4. The number of epoxide rings is 1. The Hall–Kier alpha value is -3.51. The van der Waals surface area contributed by atoms with E-state index in [4.69, 9.17) is 14.3 Å². The van der Waals surface area contributed by atoms with E-state index in [2.05, 4.69) is 91.8 Å². The highest BCUT2D eigenvalue weighted by Gasteiger charge is 2.56. The van der Waals surface area contributed by atoms with Gasteiger partial charge in [-0.1, -0.05) is 69.3 Å². The van der Waals surface area contributed by atoms with Gasteiger partial charge in [-0.2, -0.15) is 5.06 Å². The average Bonchev–Trinajstić information content (AvgIpc) is 3.84. The van der Waals surface area contributed by atoms with Gasteiger partial charge in [0.15, 0.2) is 0 Å². The molecule has 298 valence electrons. The highest BCUT2D eigenvalue weighted by atomic mass is 16.7. The van der Waals surface area contributed by atoms with Crippen molar-refractivity contribution >= 4 is 11.6 Å². The molecule has 55 heavy (non-hydrogen) atoms. The molecule has 0 radical (unpaired) electrons. The molecule has 5 aliphatic rings. The van der Waals surface area contributed by atoms with E-state index in [-0.39, 0.29) is 43.4 Å².